The molecule has 5 nitrogen and oxygen atoms in total. The second-order valence-corrected chi connectivity index (χ2v) is 3.65. The van der Waals surface area contributed by atoms with Crippen LogP contribution in [0.2, 0.25) is 0 Å². The number of nitrogens with one attached hydrogen (secondary N) is 1. The van der Waals surface area contributed by atoms with E-state index in [-0.39, 0.29) is 6.02 Å². The molecule has 0 atom stereocenters. The average molecular weight is 252 g/mol. The fraction of sp³-hybridized carbons (Fsp3) is 0.0714. The Morgan fingerprint density at radius 2 is 2.11 bits per heavy atom. The first-order valence-corrected chi connectivity index (χ1v) is 5.71. The molecule has 94 valence electrons. The molecule has 0 aliphatic rings. The highest BCUT2D eigenvalue weighted by molar-refractivity contribution is 5.77. The smallest absolute Gasteiger partial charge is 0.305 e. The molecule has 1 N–H and O–H groups in total. The molecule has 0 unspecified atom stereocenters. The Kier molecular flexibility index (Phi) is 4.48. The summed E-state index contributed by atoms with van der Waals surface area (Å²) in [5.74, 6) is 0.621. The van der Waals surface area contributed by atoms with Gasteiger partial charge in [0.1, 0.15) is 5.75 Å². The number of rotatable bonds is 3. The molecule has 19 heavy (non-hydrogen) atoms. The van der Waals surface area contributed by atoms with Crippen molar-refractivity contribution < 1.29 is 4.74 Å². The fourth-order valence-electron chi connectivity index (χ4n) is 1.42. The number of aromatic nitrogens is 1. The monoisotopic (exact) mass is 252 g/mol. The van der Waals surface area contributed by atoms with Gasteiger partial charge in [-0.2, -0.15) is 5.26 Å². The SMILES string of the molecule is N#C/N=C(/NCc1cccnc1)Oc1ccccc1. The first-order chi connectivity index (χ1) is 9.38. The van der Waals surface area contributed by atoms with Gasteiger partial charge in [0.15, 0.2) is 0 Å². The molecule has 0 amide bonds. The highest BCUT2D eigenvalue weighted by Gasteiger charge is 2.02. The number of nitrogens with zero attached hydrogens (tertiary/aromatic N) is 3. The van der Waals surface area contributed by atoms with Crippen LogP contribution in [0.25, 0.3) is 0 Å². The number of para-hydroxylation sites is 1. The van der Waals surface area contributed by atoms with Gasteiger partial charge in [0.2, 0.25) is 6.19 Å². The lowest BCUT2D eigenvalue weighted by molar-refractivity contribution is 0.515. The van der Waals surface area contributed by atoms with E-state index in [1.165, 1.54) is 0 Å². The molecular weight excluding hydrogens is 240 g/mol. The Labute approximate surface area is 111 Å². The van der Waals surface area contributed by atoms with Gasteiger partial charge < -0.3 is 10.1 Å². The van der Waals surface area contributed by atoms with Crippen molar-refractivity contribution in [2.24, 2.45) is 4.99 Å². The first kappa shape index (κ1) is 12.6. The van der Waals surface area contributed by atoms with E-state index in [0.29, 0.717) is 12.3 Å². The van der Waals surface area contributed by atoms with Crippen LogP contribution < -0.4 is 10.1 Å². The lowest BCUT2D eigenvalue weighted by Gasteiger charge is -2.09. The summed E-state index contributed by atoms with van der Waals surface area (Å²) in [6.07, 6.45) is 5.15. The van der Waals surface area contributed by atoms with Gasteiger partial charge in [-0.25, -0.2) is 0 Å². The third-order valence-corrected chi connectivity index (χ3v) is 2.28. The molecule has 0 saturated heterocycles. The van der Waals surface area contributed by atoms with Gasteiger partial charge in [-0.05, 0) is 23.8 Å². The minimum Gasteiger partial charge on any atom is -0.425 e. The molecule has 1 aromatic heterocycles. The molecule has 0 aliphatic heterocycles. The summed E-state index contributed by atoms with van der Waals surface area (Å²) >= 11 is 0. The Morgan fingerprint density at radius 3 is 2.79 bits per heavy atom. The summed E-state index contributed by atoms with van der Waals surface area (Å²) in [7, 11) is 0. The molecule has 0 spiro atoms. The summed E-state index contributed by atoms with van der Waals surface area (Å²) in [6.45, 7) is 0.487. The summed E-state index contributed by atoms with van der Waals surface area (Å²) < 4.78 is 5.47. The van der Waals surface area contributed by atoms with Crippen LogP contribution in [0.4, 0.5) is 0 Å². The summed E-state index contributed by atoms with van der Waals surface area (Å²) in [5.41, 5.74) is 0.977. The molecule has 0 aliphatic carbocycles. The zero-order chi connectivity index (χ0) is 13.3. The van der Waals surface area contributed by atoms with Crippen LogP contribution in [-0.2, 0) is 6.54 Å². The molecule has 2 aromatic rings. The van der Waals surface area contributed by atoms with Crippen LogP contribution in [0.1, 0.15) is 5.56 Å². The molecule has 5 heteroatoms. The lowest BCUT2D eigenvalue weighted by atomic mass is 10.3. The van der Waals surface area contributed by atoms with Gasteiger partial charge in [-0.1, -0.05) is 24.3 Å². The summed E-state index contributed by atoms with van der Waals surface area (Å²) in [5, 5.41) is 11.6. The first-order valence-electron chi connectivity index (χ1n) is 5.71. The molecule has 1 heterocycles. The predicted octanol–water partition coefficient (Wildman–Crippen LogP) is 2.09. The number of hydrogen-bond donors (Lipinski definition) is 1. The van der Waals surface area contributed by atoms with Crippen molar-refractivity contribution in [3.05, 3.63) is 60.4 Å². The Morgan fingerprint density at radius 1 is 1.26 bits per heavy atom. The minimum absolute atomic E-state index is 0.164. The number of ether oxygens (including phenoxy) is 1. The highest BCUT2D eigenvalue weighted by atomic mass is 16.5. The van der Waals surface area contributed by atoms with Gasteiger partial charge in [0, 0.05) is 18.9 Å². The largest absolute Gasteiger partial charge is 0.425 e. The Hall–Kier alpha value is -2.87. The van der Waals surface area contributed by atoms with E-state index in [1.54, 1.807) is 30.7 Å². The van der Waals surface area contributed by atoms with Crippen molar-refractivity contribution in [2.45, 2.75) is 6.54 Å². The van der Waals surface area contributed by atoms with Crippen LogP contribution >= 0.6 is 0 Å². The third-order valence-electron chi connectivity index (χ3n) is 2.28. The predicted molar refractivity (Wildman–Crippen MR) is 71.2 cm³/mol. The molecule has 2 rings (SSSR count). The van der Waals surface area contributed by atoms with Crippen molar-refractivity contribution in [1.29, 1.82) is 5.26 Å². The second kappa shape index (κ2) is 6.77. The van der Waals surface area contributed by atoms with Crippen LogP contribution in [0, 0.1) is 11.5 Å². The van der Waals surface area contributed by atoms with Crippen molar-refractivity contribution >= 4 is 6.02 Å². The van der Waals surface area contributed by atoms with Crippen molar-refractivity contribution in [3.8, 4) is 11.9 Å². The second-order valence-electron chi connectivity index (χ2n) is 3.65. The Bertz CT molecular complexity index is 575. The Balaban J connectivity index is 1.98. The molecule has 1 aromatic carbocycles. The maximum Gasteiger partial charge on any atom is 0.305 e. The number of amidine groups is 1. The van der Waals surface area contributed by atoms with Crippen LogP contribution in [0.3, 0.4) is 0 Å². The lowest BCUT2D eigenvalue weighted by Crippen LogP contribution is -2.28. The summed E-state index contributed by atoms with van der Waals surface area (Å²) in [4.78, 5) is 7.61. The van der Waals surface area contributed by atoms with Gasteiger partial charge in [-0.3, -0.25) is 4.98 Å². The zero-order valence-corrected chi connectivity index (χ0v) is 10.2. The number of nitriles is 1. The van der Waals surface area contributed by atoms with Crippen LogP contribution in [0.5, 0.6) is 5.75 Å². The third kappa shape index (κ3) is 4.13. The summed E-state index contributed by atoms with van der Waals surface area (Å²) in [6, 6.07) is 13.1. The van der Waals surface area contributed by atoms with Gasteiger partial charge in [0.05, 0.1) is 0 Å². The van der Waals surface area contributed by atoms with Crippen LogP contribution in [0.15, 0.2) is 59.9 Å². The van der Waals surface area contributed by atoms with E-state index in [1.807, 2.05) is 30.3 Å². The van der Waals surface area contributed by atoms with E-state index in [2.05, 4.69) is 15.3 Å². The molecule has 0 bridgehead atoms. The minimum atomic E-state index is 0.164. The van der Waals surface area contributed by atoms with E-state index in [4.69, 9.17) is 10.00 Å². The molecule has 0 saturated carbocycles. The average Bonchev–Trinajstić information content (AvgIpc) is 2.47. The topological polar surface area (TPSA) is 70.3 Å². The maximum atomic E-state index is 8.64. The van der Waals surface area contributed by atoms with E-state index in [0.717, 1.165) is 5.56 Å². The zero-order valence-electron chi connectivity index (χ0n) is 10.2. The van der Waals surface area contributed by atoms with Crippen molar-refractivity contribution in [2.75, 3.05) is 0 Å². The normalized spacial score (nSPS) is 10.6. The fourth-order valence-corrected chi connectivity index (χ4v) is 1.42. The van der Waals surface area contributed by atoms with Gasteiger partial charge in [0.25, 0.3) is 0 Å². The highest BCUT2D eigenvalue weighted by Crippen LogP contribution is 2.08. The van der Waals surface area contributed by atoms with Gasteiger partial charge in [-0.15, -0.1) is 4.99 Å². The van der Waals surface area contributed by atoms with E-state index in [9.17, 15) is 0 Å². The number of benzene rings is 1. The molecule has 0 fully saturated rings. The number of hydrogen-bond acceptors (Lipinski definition) is 4. The van der Waals surface area contributed by atoms with Crippen molar-refractivity contribution in [3.63, 3.8) is 0 Å². The molecule has 0 radical (unpaired) electrons. The van der Waals surface area contributed by atoms with E-state index >= 15 is 0 Å². The number of pyridine rings is 1. The van der Waals surface area contributed by atoms with Gasteiger partial charge >= 0.3 is 6.02 Å². The number of aliphatic imine (C=N–C) groups is 1. The molecular formula is C14H12N4O. The maximum absolute atomic E-state index is 8.64. The van der Waals surface area contributed by atoms with Crippen LogP contribution in [-0.4, -0.2) is 11.0 Å². The van der Waals surface area contributed by atoms with E-state index < -0.39 is 0 Å². The standard InChI is InChI=1S/C14H12N4O/c15-11-18-14(19-13-6-2-1-3-7-13)17-10-12-5-4-8-16-9-12/h1-9H,10H2,(H,17,18). The van der Waals surface area contributed by atoms with Crippen molar-refractivity contribution in [1.82, 2.24) is 10.3 Å². The quantitative estimate of drug-likeness (QED) is 0.516.